The van der Waals surface area contributed by atoms with Gasteiger partial charge in [-0.15, -0.1) is 0 Å². The first-order valence-electron chi connectivity index (χ1n) is 8.21. The first-order valence-corrected chi connectivity index (χ1v) is 8.21. The van der Waals surface area contributed by atoms with Crippen LogP contribution in [0.3, 0.4) is 0 Å². The fourth-order valence-corrected chi connectivity index (χ4v) is 3.47. The summed E-state index contributed by atoms with van der Waals surface area (Å²) in [5, 5.41) is 2.91. The minimum absolute atomic E-state index is 0.0200. The quantitative estimate of drug-likeness (QED) is 0.840. The van der Waals surface area contributed by atoms with Gasteiger partial charge in [0, 0.05) is 19.1 Å². The monoisotopic (exact) mass is 296 g/mol. The summed E-state index contributed by atoms with van der Waals surface area (Å²) >= 11 is 0. The van der Waals surface area contributed by atoms with E-state index in [9.17, 15) is 9.59 Å². The Kier molecular flexibility index (Phi) is 4.91. The second-order valence-electron chi connectivity index (χ2n) is 6.42. The Labute approximate surface area is 127 Å². The highest BCUT2D eigenvalue weighted by atomic mass is 16.5. The van der Waals surface area contributed by atoms with Crippen LogP contribution in [-0.4, -0.2) is 47.6 Å². The Balaban J connectivity index is 2.20. The fourth-order valence-electron chi connectivity index (χ4n) is 3.47. The molecule has 120 valence electrons. The smallest absolute Gasteiger partial charge is 0.248 e. The number of nitrogens with zero attached hydrogens (tertiary/aromatic N) is 1. The first kappa shape index (κ1) is 16.3. The maximum atomic E-state index is 12.8. The fraction of sp³-hybridized carbons (Fsp3) is 0.875. The molecule has 2 fully saturated rings. The van der Waals surface area contributed by atoms with Crippen molar-refractivity contribution < 1.29 is 14.3 Å². The van der Waals surface area contributed by atoms with Gasteiger partial charge in [0.25, 0.3) is 0 Å². The Morgan fingerprint density at radius 3 is 2.57 bits per heavy atom. The Bertz CT molecular complexity index is 412. The molecule has 0 radical (unpaired) electrons. The van der Waals surface area contributed by atoms with E-state index < -0.39 is 5.54 Å². The van der Waals surface area contributed by atoms with Gasteiger partial charge in [-0.1, -0.05) is 20.8 Å². The van der Waals surface area contributed by atoms with Crippen LogP contribution in [0.4, 0.5) is 0 Å². The van der Waals surface area contributed by atoms with Gasteiger partial charge < -0.3 is 15.0 Å². The summed E-state index contributed by atoms with van der Waals surface area (Å²) in [6, 6.07) is -0.338. The number of nitrogens with one attached hydrogen (secondary N) is 1. The van der Waals surface area contributed by atoms with Gasteiger partial charge in [-0.2, -0.15) is 0 Å². The Hall–Kier alpha value is -1.10. The highest BCUT2D eigenvalue weighted by Gasteiger charge is 2.47. The van der Waals surface area contributed by atoms with Crippen LogP contribution >= 0.6 is 0 Å². The highest BCUT2D eigenvalue weighted by Crippen LogP contribution is 2.29. The van der Waals surface area contributed by atoms with Crippen molar-refractivity contribution in [2.75, 3.05) is 13.2 Å². The number of hydrogen-bond acceptors (Lipinski definition) is 3. The molecular weight excluding hydrogens is 268 g/mol. The van der Waals surface area contributed by atoms with Gasteiger partial charge in [0.05, 0.1) is 6.10 Å². The van der Waals surface area contributed by atoms with E-state index in [0.717, 1.165) is 19.4 Å². The summed E-state index contributed by atoms with van der Waals surface area (Å²) in [6.07, 6.45) is 3.42. The predicted molar refractivity (Wildman–Crippen MR) is 80.8 cm³/mol. The average Bonchev–Trinajstić information content (AvgIpc) is 2.92. The van der Waals surface area contributed by atoms with Crippen molar-refractivity contribution in [3.63, 3.8) is 0 Å². The molecule has 0 saturated carbocycles. The van der Waals surface area contributed by atoms with Crippen LogP contribution in [0.2, 0.25) is 0 Å². The molecule has 2 rings (SSSR count). The lowest BCUT2D eigenvalue weighted by Crippen LogP contribution is -2.69. The molecule has 0 aromatic heterocycles. The van der Waals surface area contributed by atoms with Gasteiger partial charge in [-0.05, 0) is 32.6 Å². The standard InChI is InChI=1S/C16H28N2O3/c1-5-12-14(19)17-16(4,7-3)15(20)18(12)10-11-8-9-21-13(11)6-2/h11-13H,5-10H2,1-4H3,(H,17,19). The molecule has 21 heavy (non-hydrogen) atoms. The Morgan fingerprint density at radius 1 is 1.29 bits per heavy atom. The Morgan fingerprint density at radius 2 is 2.00 bits per heavy atom. The van der Waals surface area contributed by atoms with Gasteiger partial charge in [0.15, 0.2) is 0 Å². The van der Waals surface area contributed by atoms with Gasteiger partial charge in [0.1, 0.15) is 11.6 Å². The van der Waals surface area contributed by atoms with E-state index in [1.807, 2.05) is 25.7 Å². The van der Waals surface area contributed by atoms with Crippen molar-refractivity contribution in [1.29, 1.82) is 0 Å². The first-order chi connectivity index (χ1) is 9.96. The highest BCUT2D eigenvalue weighted by molar-refractivity contribution is 5.99. The summed E-state index contributed by atoms with van der Waals surface area (Å²) in [6.45, 7) is 9.24. The minimum Gasteiger partial charge on any atom is -0.378 e. The molecule has 0 aromatic rings. The number of carbonyl (C=O) groups is 2. The van der Waals surface area contributed by atoms with Crippen LogP contribution in [0.25, 0.3) is 0 Å². The average molecular weight is 296 g/mol. The van der Waals surface area contributed by atoms with E-state index in [4.69, 9.17) is 4.74 Å². The maximum Gasteiger partial charge on any atom is 0.248 e. The number of piperazine rings is 1. The zero-order chi connectivity index (χ0) is 15.6. The van der Waals surface area contributed by atoms with Crippen LogP contribution in [-0.2, 0) is 14.3 Å². The zero-order valence-corrected chi connectivity index (χ0v) is 13.6. The SMILES string of the molecule is CCC1OCCC1CN1C(=O)C(C)(CC)NC(=O)C1CC. The molecule has 1 N–H and O–H groups in total. The second-order valence-corrected chi connectivity index (χ2v) is 6.42. The summed E-state index contributed by atoms with van der Waals surface area (Å²) < 4.78 is 5.73. The molecule has 4 unspecified atom stereocenters. The third-order valence-electron chi connectivity index (χ3n) is 5.08. The summed E-state index contributed by atoms with van der Waals surface area (Å²) in [5.41, 5.74) is -0.760. The van der Waals surface area contributed by atoms with Crippen molar-refractivity contribution >= 4 is 11.8 Å². The van der Waals surface area contributed by atoms with Crippen LogP contribution in [0.1, 0.15) is 53.4 Å². The molecular formula is C16H28N2O3. The second kappa shape index (κ2) is 6.34. The van der Waals surface area contributed by atoms with E-state index in [0.29, 0.717) is 25.3 Å². The molecule has 0 bridgehead atoms. The lowest BCUT2D eigenvalue weighted by Gasteiger charge is -2.45. The van der Waals surface area contributed by atoms with Crippen molar-refractivity contribution in [3.05, 3.63) is 0 Å². The zero-order valence-electron chi connectivity index (χ0n) is 13.6. The normalized spacial score (nSPS) is 37.0. The topological polar surface area (TPSA) is 58.6 Å². The molecule has 2 heterocycles. The molecule has 0 aromatic carbocycles. The number of carbonyl (C=O) groups excluding carboxylic acids is 2. The van der Waals surface area contributed by atoms with E-state index in [1.165, 1.54) is 0 Å². The van der Waals surface area contributed by atoms with E-state index in [1.54, 1.807) is 0 Å². The van der Waals surface area contributed by atoms with E-state index in [-0.39, 0.29) is 24.0 Å². The molecule has 0 spiro atoms. The van der Waals surface area contributed by atoms with Gasteiger partial charge in [-0.25, -0.2) is 0 Å². The molecule has 5 heteroatoms. The van der Waals surface area contributed by atoms with E-state index >= 15 is 0 Å². The predicted octanol–water partition coefficient (Wildman–Crippen LogP) is 1.71. The van der Waals surface area contributed by atoms with Crippen LogP contribution < -0.4 is 5.32 Å². The van der Waals surface area contributed by atoms with Crippen molar-refractivity contribution in [2.24, 2.45) is 5.92 Å². The number of amides is 2. The van der Waals surface area contributed by atoms with Gasteiger partial charge in [0.2, 0.25) is 11.8 Å². The van der Waals surface area contributed by atoms with Gasteiger partial charge in [-0.3, -0.25) is 9.59 Å². The van der Waals surface area contributed by atoms with Crippen molar-refractivity contribution in [2.45, 2.75) is 71.1 Å². The molecule has 2 aliphatic rings. The van der Waals surface area contributed by atoms with Crippen molar-refractivity contribution in [1.82, 2.24) is 10.2 Å². The van der Waals surface area contributed by atoms with Gasteiger partial charge >= 0.3 is 0 Å². The minimum atomic E-state index is -0.760. The van der Waals surface area contributed by atoms with Crippen LogP contribution in [0.15, 0.2) is 0 Å². The lowest BCUT2D eigenvalue weighted by molar-refractivity contribution is -0.155. The summed E-state index contributed by atoms with van der Waals surface area (Å²) in [4.78, 5) is 27.0. The molecule has 5 nitrogen and oxygen atoms in total. The number of rotatable bonds is 5. The lowest BCUT2D eigenvalue weighted by atomic mass is 9.89. The number of ether oxygens (including phenoxy) is 1. The third kappa shape index (κ3) is 2.93. The maximum absolute atomic E-state index is 12.8. The third-order valence-corrected chi connectivity index (χ3v) is 5.08. The van der Waals surface area contributed by atoms with Crippen LogP contribution in [0.5, 0.6) is 0 Å². The van der Waals surface area contributed by atoms with E-state index in [2.05, 4.69) is 12.2 Å². The molecule has 4 atom stereocenters. The molecule has 0 aliphatic carbocycles. The number of hydrogen-bond donors (Lipinski definition) is 1. The molecule has 2 saturated heterocycles. The summed E-state index contributed by atoms with van der Waals surface area (Å²) in [7, 11) is 0. The van der Waals surface area contributed by atoms with Crippen molar-refractivity contribution in [3.8, 4) is 0 Å². The van der Waals surface area contributed by atoms with Crippen LogP contribution in [0, 0.1) is 5.92 Å². The summed E-state index contributed by atoms with van der Waals surface area (Å²) in [5.74, 6) is 0.381. The largest absolute Gasteiger partial charge is 0.378 e. The molecule has 2 amide bonds. The molecule has 2 aliphatic heterocycles.